The van der Waals surface area contributed by atoms with Gasteiger partial charge in [-0.1, -0.05) is 62.9 Å². The van der Waals surface area contributed by atoms with Gasteiger partial charge in [-0.25, -0.2) is 15.1 Å². The molecule has 4 aliphatic rings. The highest BCUT2D eigenvalue weighted by molar-refractivity contribution is 6.48. The molecule has 4 fully saturated rings. The van der Waals surface area contributed by atoms with Crippen LogP contribution in [0.2, 0.25) is 0 Å². The highest BCUT2D eigenvalue weighted by Crippen LogP contribution is 2.65. The summed E-state index contributed by atoms with van der Waals surface area (Å²) in [5, 5.41) is 15.8. The number of nitrogens with zero attached hydrogens (tertiary/aromatic N) is 2. The number of rotatable bonds is 13. The van der Waals surface area contributed by atoms with Gasteiger partial charge in [0.2, 0.25) is 11.8 Å². The van der Waals surface area contributed by atoms with Crippen molar-refractivity contribution in [3.05, 3.63) is 51.6 Å². The Kier molecular flexibility index (Phi) is 10.4. The van der Waals surface area contributed by atoms with Crippen molar-refractivity contribution in [2.75, 3.05) is 6.54 Å². The van der Waals surface area contributed by atoms with Crippen LogP contribution in [-0.4, -0.2) is 60.2 Å². The zero-order valence-electron chi connectivity index (χ0n) is 26.7. The molecule has 1 aromatic carbocycles. The van der Waals surface area contributed by atoms with Crippen molar-refractivity contribution in [2.45, 2.75) is 97.3 Å². The van der Waals surface area contributed by atoms with Crippen LogP contribution in [0.1, 0.15) is 77.8 Å². The molecule has 5 N–H and O–H groups in total. The fraction of sp³-hybridized carbons (Fsp3) is 0.645. The van der Waals surface area contributed by atoms with Gasteiger partial charge in [-0.15, -0.1) is 0 Å². The van der Waals surface area contributed by atoms with Gasteiger partial charge < -0.3 is 25.7 Å². The molecule has 1 aromatic rings. The van der Waals surface area contributed by atoms with E-state index in [4.69, 9.17) is 15.0 Å². The Morgan fingerprint density at radius 3 is 2.66 bits per heavy atom. The molecule has 1 aliphatic heterocycles. The van der Waals surface area contributed by atoms with Gasteiger partial charge in [0.15, 0.2) is 5.03 Å². The lowest BCUT2D eigenvalue weighted by molar-refractivity contribution is -0.525. The number of nitrogens with two attached hydrogens (primary N) is 1. The molecule has 0 spiro atoms. The van der Waals surface area contributed by atoms with Crippen LogP contribution in [0, 0.1) is 40.2 Å². The van der Waals surface area contributed by atoms with Crippen molar-refractivity contribution in [3.8, 4) is 0 Å². The van der Waals surface area contributed by atoms with Gasteiger partial charge >= 0.3 is 7.12 Å². The number of aryl methyl sites for hydroxylation is 1. The minimum Gasteiger partial charge on any atom is -0.404 e. The quantitative estimate of drug-likeness (QED) is 0.0502. The van der Waals surface area contributed by atoms with Gasteiger partial charge in [0.05, 0.1) is 17.6 Å². The molecular weight excluding hydrogens is 563 g/mol. The number of nitro groups is 1. The second-order valence-corrected chi connectivity index (χ2v) is 13.7. The van der Waals surface area contributed by atoms with Crippen molar-refractivity contribution in [3.63, 3.8) is 0 Å². The average Bonchev–Trinajstić information content (AvgIpc) is 3.29. The molecule has 13 heteroatoms. The summed E-state index contributed by atoms with van der Waals surface area (Å²) in [4.78, 5) is 41.2. The van der Waals surface area contributed by atoms with E-state index in [1.807, 2.05) is 31.2 Å². The molecule has 1 heterocycles. The smallest absolute Gasteiger partial charge is 0.404 e. The summed E-state index contributed by atoms with van der Waals surface area (Å²) in [6.45, 7) is 13.0. The summed E-state index contributed by atoms with van der Waals surface area (Å²) < 4.78 is 13.2. The predicted octanol–water partition coefficient (Wildman–Crippen LogP) is 3.17. The molecule has 44 heavy (non-hydrogen) atoms. The Balaban J connectivity index is 1.46. The molecule has 0 aromatic heterocycles. The summed E-state index contributed by atoms with van der Waals surface area (Å²) in [7, 11) is -0.596. The van der Waals surface area contributed by atoms with Gasteiger partial charge in [0.25, 0.3) is 5.96 Å². The molecule has 3 aliphatic carbocycles. The van der Waals surface area contributed by atoms with Crippen LogP contribution in [0.15, 0.2) is 35.3 Å². The lowest BCUT2D eigenvalue weighted by Gasteiger charge is -2.64. The third-order valence-corrected chi connectivity index (χ3v) is 9.59. The van der Waals surface area contributed by atoms with Crippen LogP contribution in [0.5, 0.6) is 0 Å². The van der Waals surface area contributed by atoms with Crippen LogP contribution < -0.4 is 21.8 Å². The molecule has 3 saturated carbocycles. The molecule has 240 valence electrons. The van der Waals surface area contributed by atoms with Crippen LogP contribution in [0.3, 0.4) is 0 Å². The third kappa shape index (κ3) is 7.79. The minimum absolute atomic E-state index is 0.0193. The van der Waals surface area contributed by atoms with Gasteiger partial charge in [-0.3, -0.25) is 9.59 Å². The number of amides is 2. The number of aliphatic imine (C=N–C) groups is 1. The summed E-state index contributed by atoms with van der Waals surface area (Å²) >= 11 is 0. The van der Waals surface area contributed by atoms with Gasteiger partial charge in [0, 0.05) is 12.6 Å². The van der Waals surface area contributed by atoms with Crippen molar-refractivity contribution >= 4 is 31.0 Å². The molecule has 2 amide bonds. The topological polar surface area (TPSA) is 170 Å². The largest absolute Gasteiger partial charge is 0.481 e. The monoisotopic (exact) mass is 610 g/mol. The maximum absolute atomic E-state index is 13.8. The van der Waals surface area contributed by atoms with Crippen molar-refractivity contribution in [1.82, 2.24) is 16.1 Å². The molecule has 6 atom stereocenters. The highest BCUT2D eigenvalue weighted by Gasteiger charge is 2.68. The van der Waals surface area contributed by atoms with Crippen molar-refractivity contribution in [1.29, 1.82) is 0 Å². The van der Waals surface area contributed by atoms with Crippen molar-refractivity contribution in [2.24, 2.45) is 33.9 Å². The molecule has 0 unspecified atom stereocenters. The first kappa shape index (κ1) is 33.4. The van der Waals surface area contributed by atoms with E-state index in [0.717, 1.165) is 24.0 Å². The first-order valence-corrected chi connectivity index (χ1v) is 15.6. The number of carbonyl (C=O) groups excluding carboxylic acids is 2. The summed E-state index contributed by atoms with van der Waals surface area (Å²) in [5.74, 6) is -0.260. The standard InChI is InChI=1S/C31H47BN6O6/c1-19(2)15-26(32-43-25-18-22-17-24(30(22,4)5)31(25,6)44-32)36-28(40)23(11-8-14-34-29(33)37-38(41)42)35-27(39)13-12-21-10-7-9-20(3)16-21/h7,9-10,12-13,16,19,22-26H,8,11,14-15,17-18H2,1-6H3,(H,35,39)(H,36,40)(H3,33,34,37)/b13-12+/t22-,23-,24-,25+,26-,31-/m0/s1. The van der Waals surface area contributed by atoms with E-state index in [-0.39, 0.29) is 42.3 Å². The van der Waals surface area contributed by atoms with E-state index in [2.05, 4.69) is 50.2 Å². The number of guanidine groups is 1. The Bertz CT molecular complexity index is 1290. The second-order valence-electron chi connectivity index (χ2n) is 13.7. The van der Waals surface area contributed by atoms with Crippen molar-refractivity contribution < 1.29 is 23.9 Å². The van der Waals surface area contributed by atoms with Gasteiger partial charge in [-0.2, -0.15) is 0 Å². The van der Waals surface area contributed by atoms with Gasteiger partial charge in [-0.05, 0) is 80.8 Å². The molecule has 2 bridgehead atoms. The normalized spacial score (nSPS) is 26.9. The lowest BCUT2D eigenvalue weighted by Crippen LogP contribution is -2.65. The first-order valence-electron chi connectivity index (χ1n) is 15.6. The molecule has 1 saturated heterocycles. The second kappa shape index (κ2) is 13.7. The number of hydrogen-bond donors (Lipinski definition) is 4. The molecule has 12 nitrogen and oxygen atoms in total. The van der Waals surface area contributed by atoms with E-state index < -0.39 is 35.6 Å². The Hall–Kier alpha value is -3.45. The zero-order chi connectivity index (χ0) is 32.2. The lowest BCUT2D eigenvalue weighted by atomic mass is 9.43. The number of hydrazine groups is 1. The van der Waals surface area contributed by atoms with Crippen LogP contribution in [0.4, 0.5) is 0 Å². The van der Waals surface area contributed by atoms with Crippen LogP contribution >= 0.6 is 0 Å². The Morgan fingerprint density at radius 2 is 2.00 bits per heavy atom. The first-order chi connectivity index (χ1) is 20.7. The fourth-order valence-electron chi connectivity index (χ4n) is 7.16. The molecule has 5 rings (SSSR count). The van der Waals surface area contributed by atoms with E-state index in [0.29, 0.717) is 24.7 Å². The predicted molar refractivity (Wildman–Crippen MR) is 169 cm³/mol. The maximum Gasteiger partial charge on any atom is 0.481 e. The van der Waals surface area contributed by atoms with Crippen LogP contribution in [-0.2, 0) is 18.9 Å². The minimum atomic E-state index is -0.884. The zero-order valence-corrected chi connectivity index (χ0v) is 26.7. The van der Waals surface area contributed by atoms with E-state index in [9.17, 15) is 19.7 Å². The number of carbonyl (C=O) groups is 2. The number of benzene rings is 1. The number of nitrogens with one attached hydrogen (secondary N) is 3. The summed E-state index contributed by atoms with van der Waals surface area (Å²) in [6.07, 6.45) is 6.38. The summed E-state index contributed by atoms with van der Waals surface area (Å²) in [5.41, 5.74) is 9.04. The van der Waals surface area contributed by atoms with E-state index in [1.165, 1.54) is 6.08 Å². The average molecular weight is 611 g/mol. The third-order valence-electron chi connectivity index (χ3n) is 9.59. The van der Waals surface area contributed by atoms with Gasteiger partial charge in [0.1, 0.15) is 6.04 Å². The van der Waals surface area contributed by atoms with E-state index >= 15 is 0 Å². The fourth-order valence-corrected chi connectivity index (χ4v) is 7.16. The van der Waals surface area contributed by atoms with Crippen LogP contribution in [0.25, 0.3) is 6.08 Å². The SMILES string of the molecule is Cc1cccc(/C=C/C(=O)N[C@@H](CCCN=C(N)N[N+](=O)[O-])C(=O)N[C@@H](CC(C)C)B2O[C@@H]3C[C@@H]4C[C@@H](C4(C)C)[C@]3(C)O2)c1. The molecule has 0 radical (unpaired) electrons. The number of hydrogen-bond acceptors (Lipinski definition) is 7. The Labute approximate surface area is 260 Å². The van der Waals surface area contributed by atoms with E-state index in [1.54, 1.807) is 11.5 Å². The highest BCUT2D eigenvalue weighted by atomic mass is 16.7. The summed E-state index contributed by atoms with van der Waals surface area (Å²) in [6, 6.07) is 6.84. The maximum atomic E-state index is 13.8. The molecular formula is C31H47BN6O6. The Morgan fingerprint density at radius 1 is 1.25 bits per heavy atom.